The van der Waals surface area contributed by atoms with E-state index >= 15 is 0 Å². The lowest BCUT2D eigenvalue weighted by Crippen LogP contribution is -2.25. The van der Waals surface area contributed by atoms with Gasteiger partial charge >= 0.3 is 0 Å². The Kier molecular flexibility index (Phi) is 9.16. The second-order valence-electron chi connectivity index (χ2n) is 13.9. The molecule has 0 amide bonds. The van der Waals surface area contributed by atoms with Crippen LogP contribution in [0.2, 0.25) is 0 Å². The van der Waals surface area contributed by atoms with E-state index in [2.05, 4.69) is 61.5 Å². The molecule has 4 aromatic rings. The van der Waals surface area contributed by atoms with Crippen molar-refractivity contribution < 1.29 is 10.2 Å². The van der Waals surface area contributed by atoms with E-state index < -0.39 is 0 Å². The number of phenolic OH excluding ortho intramolecular Hbond substituents is 2. The maximum atomic E-state index is 11.6. The summed E-state index contributed by atoms with van der Waals surface area (Å²) in [6, 6.07) is 18.0. The molecule has 0 radical (unpaired) electrons. The summed E-state index contributed by atoms with van der Waals surface area (Å²) in [7, 11) is 0. The van der Waals surface area contributed by atoms with Crippen LogP contribution in [0.15, 0.2) is 54.6 Å². The van der Waals surface area contributed by atoms with Gasteiger partial charge in [-0.05, 0) is 96.2 Å². The van der Waals surface area contributed by atoms with Crippen molar-refractivity contribution in [1.82, 2.24) is 15.0 Å². The molecule has 2 unspecified atom stereocenters. The number of nitrogens with zero attached hydrogens (tertiary/aromatic N) is 3. The number of fused-ring (bicyclic) bond motifs is 1. The molecule has 220 valence electrons. The second-order valence-corrected chi connectivity index (χ2v) is 13.9. The first-order chi connectivity index (χ1) is 19.3. The molecule has 0 aliphatic rings. The molecule has 5 heteroatoms. The van der Waals surface area contributed by atoms with Gasteiger partial charge in [-0.1, -0.05) is 84.9 Å². The van der Waals surface area contributed by atoms with E-state index in [9.17, 15) is 10.2 Å². The summed E-state index contributed by atoms with van der Waals surface area (Å²) < 4.78 is 0. The van der Waals surface area contributed by atoms with Crippen molar-refractivity contribution in [2.24, 2.45) is 11.3 Å². The number of aromatic nitrogens is 3. The van der Waals surface area contributed by atoms with Crippen LogP contribution in [0, 0.1) is 18.3 Å². The molecule has 4 rings (SSSR count). The Morgan fingerprint density at radius 1 is 0.854 bits per heavy atom. The van der Waals surface area contributed by atoms with E-state index in [0.717, 1.165) is 59.8 Å². The van der Waals surface area contributed by atoms with Crippen molar-refractivity contribution in [3.63, 3.8) is 0 Å². The fourth-order valence-electron chi connectivity index (χ4n) is 6.10. The number of aromatic hydroxyl groups is 2. The second kappa shape index (κ2) is 12.3. The lowest BCUT2D eigenvalue weighted by atomic mass is 9.73. The molecule has 3 aromatic carbocycles. The summed E-state index contributed by atoms with van der Waals surface area (Å²) in [5.74, 6) is 1.14. The van der Waals surface area contributed by atoms with E-state index in [1.165, 1.54) is 11.1 Å². The van der Waals surface area contributed by atoms with Crippen molar-refractivity contribution >= 4 is 11.0 Å². The summed E-state index contributed by atoms with van der Waals surface area (Å²) in [4.78, 5) is 1.95. The molecule has 2 N–H and O–H groups in total. The molecule has 0 saturated heterocycles. The van der Waals surface area contributed by atoms with E-state index in [1.807, 2.05) is 47.3 Å². The first-order valence-corrected chi connectivity index (χ1v) is 15.2. The summed E-state index contributed by atoms with van der Waals surface area (Å²) in [6.07, 6.45) is 5.52. The molecule has 0 saturated carbocycles. The number of para-hydroxylation sites is 1. The van der Waals surface area contributed by atoms with Gasteiger partial charge in [0.2, 0.25) is 0 Å². The third kappa shape index (κ3) is 7.12. The van der Waals surface area contributed by atoms with Gasteiger partial charge in [0.1, 0.15) is 22.5 Å². The minimum absolute atomic E-state index is 0.145. The third-order valence-corrected chi connectivity index (χ3v) is 8.77. The average molecular weight is 556 g/mol. The van der Waals surface area contributed by atoms with Gasteiger partial charge in [-0.2, -0.15) is 15.0 Å². The van der Waals surface area contributed by atoms with Gasteiger partial charge in [0.15, 0.2) is 0 Å². The molecule has 0 fully saturated rings. The van der Waals surface area contributed by atoms with Gasteiger partial charge < -0.3 is 10.2 Å². The fourth-order valence-corrected chi connectivity index (χ4v) is 6.10. The lowest BCUT2D eigenvalue weighted by molar-refractivity contribution is 0.169. The van der Waals surface area contributed by atoms with Crippen molar-refractivity contribution in [2.45, 2.75) is 105 Å². The number of benzene rings is 3. The molecule has 5 nitrogen and oxygen atoms in total. The van der Waals surface area contributed by atoms with E-state index in [0.29, 0.717) is 18.1 Å². The van der Waals surface area contributed by atoms with Crippen molar-refractivity contribution in [1.29, 1.82) is 0 Å². The normalized spacial score (nSPS) is 14.0. The average Bonchev–Trinajstić information content (AvgIpc) is 3.33. The first-order valence-electron chi connectivity index (χ1n) is 15.2. The highest BCUT2D eigenvalue weighted by atomic mass is 16.3. The van der Waals surface area contributed by atoms with Gasteiger partial charge in [0, 0.05) is 12.0 Å². The zero-order chi connectivity index (χ0) is 29.9. The SMILES string of the molecule is CCC(CC(CCCc1c(C)cc(C(C)(C)C)c(O)c1Cc1ccccc1O)C(C)(C)C)n1nc2ccccc2n1. The third-order valence-electron chi connectivity index (χ3n) is 8.77. The molecule has 0 aliphatic carbocycles. The van der Waals surface area contributed by atoms with Crippen molar-refractivity contribution in [3.05, 3.63) is 82.4 Å². The van der Waals surface area contributed by atoms with E-state index in [1.54, 1.807) is 6.07 Å². The van der Waals surface area contributed by atoms with Gasteiger partial charge in [-0.25, -0.2) is 0 Å². The Labute approximate surface area is 246 Å². The van der Waals surface area contributed by atoms with Crippen LogP contribution < -0.4 is 0 Å². The van der Waals surface area contributed by atoms with Gasteiger partial charge in [0.05, 0.1) is 6.04 Å². The van der Waals surface area contributed by atoms with Crippen LogP contribution in [0.5, 0.6) is 11.5 Å². The maximum Gasteiger partial charge on any atom is 0.123 e. The van der Waals surface area contributed by atoms with Crippen LogP contribution in [0.4, 0.5) is 0 Å². The molecule has 2 atom stereocenters. The summed E-state index contributed by atoms with van der Waals surface area (Å²) >= 11 is 0. The molecular weight excluding hydrogens is 506 g/mol. The zero-order valence-corrected chi connectivity index (χ0v) is 26.3. The highest BCUT2D eigenvalue weighted by molar-refractivity contribution is 5.73. The number of rotatable bonds is 10. The van der Waals surface area contributed by atoms with Crippen LogP contribution in [-0.2, 0) is 18.3 Å². The maximum absolute atomic E-state index is 11.6. The highest BCUT2D eigenvalue weighted by Gasteiger charge is 2.29. The largest absolute Gasteiger partial charge is 0.508 e. The summed E-state index contributed by atoms with van der Waals surface area (Å²) in [5, 5.41) is 31.7. The Balaban J connectivity index is 1.58. The molecule has 0 aliphatic heterocycles. The van der Waals surface area contributed by atoms with Gasteiger partial charge in [-0.15, -0.1) is 0 Å². The van der Waals surface area contributed by atoms with Crippen LogP contribution in [0.3, 0.4) is 0 Å². The minimum atomic E-state index is -0.182. The Hall–Kier alpha value is -3.34. The molecule has 0 spiro atoms. The van der Waals surface area contributed by atoms with Crippen LogP contribution in [0.25, 0.3) is 11.0 Å². The smallest absolute Gasteiger partial charge is 0.123 e. The predicted octanol–water partition coefficient (Wildman–Crippen LogP) is 9.07. The van der Waals surface area contributed by atoms with Gasteiger partial charge in [0.25, 0.3) is 0 Å². The summed E-state index contributed by atoms with van der Waals surface area (Å²) in [6.45, 7) is 17.8. The predicted molar refractivity (Wildman–Crippen MR) is 170 cm³/mol. The standard InChI is InChI=1S/C36H49N3O2/c1-9-27(39-37-31-18-11-12-19-32(31)38-39)23-26(35(3,4)5)16-14-17-28-24(2)21-30(36(6,7)8)34(41)29(28)22-25-15-10-13-20-33(25)40/h10-13,15,18-21,26-27,40-41H,9,14,16-17,22-23H2,1-8H3. The zero-order valence-electron chi connectivity index (χ0n) is 26.3. The number of hydrogen-bond acceptors (Lipinski definition) is 4. The molecule has 41 heavy (non-hydrogen) atoms. The fraction of sp³-hybridized carbons (Fsp3) is 0.500. The molecule has 1 aromatic heterocycles. The van der Waals surface area contributed by atoms with Crippen LogP contribution in [-0.4, -0.2) is 25.2 Å². The van der Waals surface area contributed by atoms with Crippen LogP contribution in [0.1, 0.15) is 108 Å². The van der Waals surface area contributed by atoms with Crippen LogP contribution >= 0.6 is 0 Å². The van der Waals surface area contributed by atoms with Crippen molar-refractivity contribution in [2.75, 3.05) is 0 Å². The topological polar surface area (TPSA) is 71.2 Å². The quantitative estimate of drug-likeness (QED) is 0.205. The number of aryl methyl sites for hydroxylation is 1. The Morgan fingerprint density at radius 3 is 2.02 bits per heavy atom. The Bertz CT molecular complexity index is 1440. The molecular formula is C36H49N3O2. The number of hydrogen-bond donors (Lipinski definition) is 2. The highest BCUT2D eigenvalue weighted by Crippen LogP contribution is 2.41. The van der Waals surface area contributed by atoms with E-state index in [-0.39, 0.29) is 22.6 Å². The first kappa shape index (κ1) is 30.6. The number of phenols is 2. The summed E-state index contributed by atoms with van der Waals surface area (Å²) in [5.41, 5.74) is 7.03. The van der Waals surface area contributed by atoms with E-state index in [4.69, 9.17) is 10.2 Å². The molecule has 1 heterocycles. The lowest BCUT2D eigenvalue weighted by Gasteiger charge is -2.33. The molecule has 0 bridgehead atoms. The van der Waals surface area contributed by atoms with Gasteiger partial charge in [-0.3, -0.25) is 0 Å². The Morgan fingerprint density at radius 2 is 1.46 bits per heavy atom. The minimum Gasteiger partial charge on any atom is -0.508 e. The van der Waals surface area contributed by atoms with Crippen molar-refractivity contribution in [3.8, 4) is 11.5 Å². The monoisotopic (exact) mass is 555 g/mol.